The van der Waals surface area contributed by atoms with Crippen LogP contribution < -0.4 is 4.72 Å². The molecule has 0 radical (unpaired) electrons. The highest BCUT2D eigenvalue weighted by Crippen LogP contribution is 2.16. The normalized spacial score (nSPS) is 15.0. The molecule has 2 atom stereocenters. The highest BCUT2D eigenvalue weighted by atomic mass is 32.2. The van der Waals surface area contributed by atoms with Gasteiger partial charge in [0.25, 0.3) is 0 Å². The molecule has 0 saturated carbocycles. The molecule has 0 aliphatic heterocycles. The van der Waals surface area contributed by atoms with E-state index < -0.39 is 16.1 Å². The van der Waals surface area contributed by atoms with E-state index in [0.717, 1.165) is 24.8 Å². The molecule has 2 N–H and O–H groups in total. The van der Waals surface area contributed by atoms with Crippen molar-refractivity contribution in [3.63, 3.8) is 0 Å². The molecule has 1 aromatic rings. The summed E-state index contributed by atoms with van der Waals surface area (Å²) in [5.41, 5.74) is 1.01. The van der Waals surface area contributed by atoms with Crippen LogP contribution in [0.3, 0.4) is 0 Å². The fourth-order valence-electron chi connectivity index (χ4n) is 2.05. The fraction of sp³-hybridized carbons (Fsp3) is 0.600. The molecule has 20 heavy (non-hydrogen) atoms. The van der Waals surface area contributed by atoms with Crippen LogP contribution in [0.5, 0.6) is 0 Å². The molecule has 0 amide bonds. The number of hydrogen-bond acceptors (Lipinski definition) is 3. The molecule has 0 heterocycles. The van der Waals surface area contributed by atoms with Gasteiger partial charge in [-0.2, -0.15) is 0 Å². The van der Waals surface area contributed by atoms with Gasteiger partial charge in [0.1, 0.15) is 0 Å². The van der Waals surface area contributed by atoms with E-state index in [2.05, 4.69) is 11.6 Å². The van der Waals surface area contributed by atoms with Crippen LogP contribution in [0.15, 0.2) is 29.2 Å². The molecule has 4 nitrogen and oxygen atoms in total. The van der Waals surface area contributed by atoms with Crippen molar-refractivity contribution in [3.05, 3.63) is 29.8 Å². The van der Waals surface area contributed by atoms with E-state index in [0.29, 0.717) is 0 Å². The van der Waals surface area contributed by atoms with Gasteiger partial charge in [0.15, 0.2) is 0 Å². The first-order valence-corrected chi connectivity index (χ1v) is 8.59. The predicted octanol–water partition coefficient (Wildman–Crippen LogP) is 2.46. The van der Waals surface area contributed by atoms with E-state index in [1.54, 1.807) is 24.3 Å². The van der Waals surface area contributed by atoms with E-state index in [1.807, 2.05) is 13.8 Å². The van der Waals surface area contributed by atoms with E-state index in [4.69, 9.17) is 0 Å². The summed E-state index contributed by atoms with van der Waals surface area (Å²) in [5, 5.41) is 9.42. The summed E-state index contributed by atoms with van der Waals surface area (Å²) in [7, 11) is -3.57. The number of unbranched alkanes of at least 4 members (excludes halogenated alkanes) is 1. The molecule has 5 heteroatoms. The molecule has 1 rings (SSSR count). The Morgan fingerprint density at radius 3 is 2.35 bits per heavy atom. The van der Waals surface area contributed by atoms with Crippen molar-refractivity contribution < 1.29 is 13.5 Å². The lowest BCUT2D eigenvalue weighted by atomic mass is 9.97. The number of benzene rings is 1. The number of hydrogen-bond donors (Lipinski definition) is 2. The van der Waals surface area contributed by atoms with Crippen LogP contribution in [-0.2, 0) is 10.0 Å². The molecule has 0 spiro atoms. The van der Waals surface area contributed by atoms with Gasteiger partial charge in [0, 0.05) is 6.04 Å². The first-order valence-electron chi connectivity index (χ1n) is 7.10. The van der Waals surface area contributed by atoms with Gasteiger partial charge < -0.3 is 5.11 Å². The minimum atomic E-state index is -3.57. The van der Waals surface area contributed by atoms with Gasteiger partial charge in [-0.05, 0) is 31.4 Å². The van der Waals surface area contributed by atoms with Gasteiger partial charge in [-0.1, -0.05) is 44.4 Å². The molecule has 0 unspecified atom stereocenters. The minimum absolute atomic E-state index is 0.111. The zero-order chi connectivity index (χ0) is 15.2. The SMILES string of the molecule is CCCC[C@H](C)[C@@H](CO)NS(=O)(=O)c1ccc(C)cc1. The van der Waals surface area contributed by atoms with E-state index in [9.17, 15) is 13.5 Å². The molecule has 1 aromatic carbocycles. The van der Waals surface area contributed by atoms with Crippen molar-refractivity contribution in [1.82, 2.24) is 4.72 Å². The third kappa shape index (κ3) is 4.89. The van der Waals surface area contributed by atoms with Crippen molar-refractivity contribution >= 4 is 10.0 Å². The number of rotatable bonds is 8. The minimum Gasteiger partial charge on any atom is -0.395 e. The maximum Gasteiger partial charge on any atom is 0.240 e. The van der Waals surface area contributed by atoms with Crippen LogP contribution in [0, 0.1) is 12.8 Å². The average Bonchev–Trinajstić information content (AvgIpc) is 2.42. The third-order valence-corrected chi connectivity index (χ3v) is 5.04. The van der Waals surface area contributed by atoms with Gasteiger partial charge in [0.2, 0.25) is 10.0 Å². The first kappa shape index (κ1) is 17.1. The molecule has 0 aromatic heterocycles. The van der Waals surface area contributed by atoms with Crippen LogP contribution in [0.25, 0.3) is 0 Å². The first-order chi connectivity index (χ1) is 9.40. The zero-order valence-electron chi connectivity index (χ0n) is 12.5. The standard InChI is InChI=1S/C15H25NO3S/c1-4-5-6-13(3)15(11-17)16-20(18,19)14-9-7-12(2)8-10-14/h7-10,13,15-17H,4-6,11H2,1-3H3/t13-,15+/m0/s1. The van der Waals surface area contributed by atoms with Crippen molar-refractivity contribution in [2.45, 2.75) is 51.0 Å². The van der Waals surface area contributed by atoms with Gasteiger partial charge >= 0.3 is 0 Å². The summed E-state index contributed by atoms with van der Waals surface area (Å²) < 4.78 is 27.1. The van der Waals surface area contributed by atoms with Gasteiger partial charge in [-0.25, -0.2) is 13.1 Å². The Bertz CT molecular complexity index is 496. The van der Waals surface area contributed by atoms with Crippen molar-refractivity contribution in [2.24, 2.45) is 5.92 Å². The monoisotopic (exact) mass is 299 g/mol. The Morgan fingerprint density at radius 1 is 1.25 bits per heavy atom. The summed E-state index contributed by atoms with van der Waals surface area (Å²) in [6.07, 6.45) is 3.00. The van der Waals surface area contributed by atoms with Crippen LogP contribution in [0.2, 0.25) is 0 Å². The maximum atomic E-state index is 12.3. The lowest BCUT2D eigenvalue weighted by Crippen LogP contribution is -2.41. The molecular weight excluding hydrogens is 274 g/mol. The lowest BCUT2D eigenvalue weighted by Gasteiger charge is -2.23. The predicted molar refractivity (Wildman–Crippen MR) is 81.1 cm³/mol. The largest absolute Gasteiger partial charge is 0.395 e. The third-order valence-electron chi connectivity index (χ3n) is 3.53. The smallest absolute Gasteiger partial charge is 0.240 e. The number of aliphatic hydroxyl groups is 1. The molecule has 0 fully saturated rings. The summed E-state index contributed by atoms with van der Waals surface area (Å²) >= 11 is 0. The summed E-state index contributed by atoms with van der Waals surface area (Å²) in [5.74, 6) is 0.111. The Morgan fingerprint density at radius 2 is 1.85 bits per heavy atom. The summed E-state index contributed by atoms with van der Waals surface area (Å²) in [6, 6.07) is 6.27. The van der Waals surface area contributed by atoms with Crippen molar-refractivity contribution in [1.29, 1.82) is 0 Å². The summed E-state index contributed by atoms with van der Waals surface area (Å²) in [4.78, 5) is 0.240. The average molecular weight is 299 g/mol. The Labute approximate surface area is 122 Å². The van der Waals surface area contributed by atoms with Gasteiger partial charge in [-0.3, -0.25) is 0 Å². The van der Waals surface area contributed by atoms with Crippen LogP contribution in [0.1, 0.15) is 38.7 Å². The number of nitrogens with one attached hydrogen (secondary N) is 1. The highest BCUT2D eigenvalue weighted by Gasteiger charge is 2.23. The molecule has 0 bridgehead atoms. The fourth-order valence-corrected chi connectivity index (χ4v) is 3.38. The Balaban J connectivity index is 2.79. The molecule has 114 valence electrons. The molecular formula is C15H25NO3S. The topological polar surface area (TPSA) is 66.4 Å². The van der Waals surface area contributed by atoms with Crippen molar-refractivity contribution in [2.75, 3.05) is 6.61 Å². The Hall–Kier alpha value is -0.910. The van der Waals surface area contributed by atoms with E-state index in [1.165, 1.54) is 0 Å². The summed E-state index contributed by atoms with van der Waals surface area (Å²) in [6.45, 7) is 5.79. The van der Waals surface area contributed by atoms with Gasteiger partial charge in [-0.15, -0.1) is 0 Å². The van der Waals surface area contributed by atoms with Gasteiger partial charge in [0.05, 0.1) is 11.5 Å². The highest BCUT2D eigenvalue weighted by molar-refractivity contribution is 7.89. The quantitative estimate of drug-likeness (QED) is 0.775. The van der Waals surface area contributed by atoms with Crippen molar-refractivity contribution in [3.8, 4) is 0 Å². The number of sulfonamides is 1. The lowest BCUT2D eigenvalue weighted by molar-refractivity contribution is 0.215. The number of aryl methyl sites for hydroxylation is 1. The molecule has 0 saturated heterocycles. The second-order valence-corrected chi connectivity index (χ2v) is 7.06. The van der Waals surface area contributed by atoms with E-state index in [-0.39, 0.29) is 17.4 Å². The number of aliphatic hydroxyl groups excluding tert-OH is 1. The second-order valence-electron chi connectivity index (χ2n) is 5.34. The maximum absolute atomic E-state index is 12.3. The van der Waals surface area contributed by atoms with Crippen LogP contribution >= 0.6 is 0 Å². The second kappa shape index (κ2) is 7.76. The Kier molecular flexibility index (Phi) is 6.65. The van der Waals surface area contributed by atoms with Crippen LogP contribution in [0.4, 0.5) is 0 Å². The van der Waals surface area contributed by atoms with E-state index >= 15 is 0 Å². The zero-order valence-corrected chi connectivity index (χ0v) is 13.3. The molecule has 0 aliphatic rings. The van der Waals surface area contributed by atoms with Crippen LogP contribution in [-0.4, -0.2) is 26.2 Å². The molecule has 0 aliphatic carbocycles.